The van der Waals surface area contributed by atoms with Gasteiger partial charge in [-0.3, -0.25) is 0 Å². The van der Waals surface area contributed by atoms with Gasteiger partial charge in [0.15, 0.2) is 0 Å². The van der Waals surface area contributed by atoms with Gasteiger partial charge in [-0.25, -0.2) is 4.79 Å². The molecule has 2 fully saturated rings. The van der Waals surface area contributed by atoms with E-state index in [0.29, 0.717) is 0 Å². The van der Waals surface area contributed by atoms with Gasteiger partial charge in [-0.2, -0.15) is 0 Å². The van der Waals surface area contributed by atoms with Crippen molar-refractivity contribution in [2.75, 3.05) is 6.61 Å². The highest BCUT2D eigenvalue weighted by Gasteiger charge is 2.61. The highest BCUT2D eigenvalue weighted by molar-refractivity contribution is 5.76. The van der Waals surface area contributed by atoms with Crippen LogP contribution in [0.1, 0.15) is 13.3 Å². The highest BCUT2D eigenvalue weighted by atomic mass is 16.8. The lowest BCUT2D eigenvalue weighted by Crippen LogP contribution is -2.50. The Balaban J connectivity index is 2.28. The molecule has 7 heteroatoms. The van der Waals surface area contributed by atoms with Crippen molar-refractivity contribution in [2.24, 2.45) is 5.92 Å². The van der Waals surface area contributed by atoms with Crippen molar-refractivity contribution in [1.29, 1.82) is 0 Å². The number of carboxylic acid groups (broad SMARTS) is 1. The van der Waals surface area contributed by atoms with E-state index >= 15 is 0 Å². The zero-order valence-corrected chi connectivity index (χ0v) is 9.31. The van der Waals surface area contributed by atoms with E-state index in [2.05, 4.69) is 0 Å². The van der Waals surface area contributed by atoms with Crippen LogP contribution in [0.4, 0.5) is 0 Å². The molecular formula is C10H16O7. The summed E-state index contributed by atoms with van der Waals surface area (Å²) >= 11 is 0. The SMILES string of the molecule is C[C@H]1C2O[C@@](C(=O)O)(C[C@H]1O)O[C@@H]2[C@H](O)CO. The van der Waals surface area contributed by atoms with E-state index in [1.165, 1.54) is 0 Å². The molecule has 17 heavy (non-hydrogen) atoms. The van der Waals surface area contributed by atoms with Crippen molar-refractivity contribution in [1.82, 2.24) is 0 Å². The van der Waals surface area contributed by atoms with Crippen molar-refractivity contribution >= 4 is 5.97 Å². The first kappa shape index (κ1) is 12.7. The first-order valence-electron chi connectivity index (χ1n) is 5.47. The maximum atomic E-state index is 11.1. The van der Waals surface area contributed by atoms with Crippen molar-refractivity contribution in [3.05, 3.63) is 0 Å². The third-order valence-electron chi connectivity index (χ3n) is 3.47. The summed E-state index contributed by atoms with van der Waals surface area (Å²) in [6.07, 6.45) is -3.97. The summed E-state index contributed by atoms with van der Waals surface area (Å²) in [5.74, 6) is -3.60. The van der Waals surface area contributed by atoms with Crippen LogP contribution in [0.15, 0.2) is 0 Å². The van der Waals surface area contributed by atoms with Crippen LogP contribution in [-0.4, -0.2) is 63.2 Å². The number of ether oxygens (including phenoxy) is 2. The molecule has 0 aromatic rings. The number of rotatable bonds is 3. The average Bonchev–Trinajstić information content (AvgIpc) is 2.63. The van der Waals surface area contributed by atoms with Crippen LogP contribution < -0.4 is 0 Å². The van der Waals surface area contributed by atoms with Gasteiger partial charge in [0, 0.05) is 12.3 Å². The Morgan fingerprint density at radius 3 is 2.71 bits per heavy atom. The van der Waals surface area contributed by atoms with Crippen LogP contribution >= 0.6 is 0 Å². The summed E-state index contributed by atoms with van der Waals surface area (Å²) < 4.78 is 10.5. The summed E-state index contributed by atoms with van der Waals surface area (Å²) in [5, 5.41) is 37.3. The topological polar surface area (TPSA) is 116 Å². The van der Waals surface area contributed by atoms with Gasteiger partial charge in [-0.15, -0.1) is 0 Å². The van der Waals surface area contributed by atoms with Gasteiger partial charge in [0.2, 0.25) is 0 Å². The molecule has 2 saturated heterocycles. The minimum atomic E-state index is -1.91. The van der Waals surface area contributed by atoms with Crippen LogP contribution in [0, 0.1) is 5.92 Å². The Morgan fingerprint density at radius 1 is 1.53 bits per heavy atom. The predicted octanol–water partition coefficient (Wildman–Crippen LogP) is -1.69. The summed E-state index contributed by atoms with van der Waals surface area (Å²) in [6.45, 7) is 1.13. The molecule has 2 bridgehead atoms. The lowest BCUT2D eigenvalue weighted by atomic mass is 9.87. The Labute approximate surface area is 97.6 Å². The number of fused-ring (bicyclic) bond motifs is 2. The minimum Gasteiger partial charge on any atom is -0.477 e. The molecule has 2 aliphatic heterocycles. The number of hydrogen-bond acceptors (Lipinski definition) is 6. The summed E-state index contributed by atoms with van der Waals surface area (Å²) in [7, 11) is 0. The van der Waals surface area contributed by atoms with E-state index in [9.17, 15) is 15.0 Å². The average molecular weight is 248 g/mol. The Kier molecular flexibility index (Phi) is 3.13. The van der Waals surface area contributed by atoms with Crippen LogP contribution in [-0.2, 0) is 14.3 Å². The summed E-state index contributed by atoms with van der Waals surface area (Å²) in [5.41, 5.74) is 0. The fraction of sp³-hybridized carbons (Fsp3) is 0.900. The molecule has 98 valence electrons. The normalized spacial score (nSPS) is 46.8. The molecule has 6 atom stereocenters. The molecule has 0 saturated carbocycles. The van der Waals surface area contributed by atoms with Gasteiger partial charge in [-0.1, -0.05) is 6.92 Å². The van der Waals surface area contributed by atoms with E-state index in [-0.39, 0.29) is 12.3 Å². The van der Waals surface area contributed by atoms with Crippen LogP contribution in [0.3, 0.4) is 0 Å². The fourth-order valence-electron chi connectivity index (χ4n) is 2.37. The number of aliphatic hydroxyl groups excluding tert-OH is 3. The van der Waals surface area contributed by atoms with Crippen LogP contribution in [0.5, 0.6) is 0 Å². The largest absolute Gasteiger partial charge is 0.477 e. The molecule has 1 unspecified atom stereocenters. The van der Waals surface area contributed by atoms with Crippen molar-refractivity contribution in [3.63, 3.8) is 0 Å². The van der Waals surface area contributed by atoms with E-state index in [1.54, 1.807) is 6.92 Å². The van der Waals surface area contributed by atoms with Gasteiger partial charge in [0.25, 0.3) is 5.79 Å². The molecule has 7 nitrogen and oxygen atoms in total. The van der Waals surface area contributed by atoms with Gasteiger partial charge in [-0.05, 0) is 0 Å². The van der Waals surface area contributed by atoms with Crippen LogP contribution in [0.25, 0.3) is 0 Å². The first-order chi connectivity index (χ1) is 7.91. The number of aliphatic hydroxyl groups is 3. The second-order valence-electron chi connectivity index (χ2n) is 4.60. The van der Waals surface area contributed by atoms with E-state index in [4.69, 9.17) is 19.7 Å². The molecule has 0 aliphatic carbocycles. The van der Waals surface area contributed by atoms with Gasteiger partial charge in [0.05, 0.1) is 18.8 Å². The van der Waals surface area contributed by atoms with E-state index in [0.717, 1.165) is 0 Å². The second-order valence-corrected chi connectivity index (χ2v) is 4.60. The number of carboxylic acids is 1. The van der Waals surface area contributed by atoms with Crippen molar-refractivity contribution in [3.8, 4) is 0 Å². The minimum absolute atomic E-state index is 0.186. The lowest BCUT2D eigenvalue weighted by molar-refractivity contribution is -0.237. The maximum absolute atomic E-state index is 11.1. The zero-order chi connectivity index (χ0) is 12.8. The number of aliphatic carboxylic acids is 1. The van der Waals surface area contributed by atoms with Crippen molar-refractivity contribution in [2.45, 2.75) is 43.5 Å². The lowest BCUT2D eigenvalue weighted by Gasteiger charge is -2.35. The third kappa shape index (κ3) is 1.84. The first-order valence-corrected chi connectivity index (χ1v) is 5.47. The summed E-state index contributed by atoms with van der Waals surface area (Å²) in [4.78, 5) is 11.1. The van der Waals surface area contributed by atoms with Gasteiger partial charge < -0.3 is 29.9 Å². The van der Waals surface area contributed by atoms with Gasteiger partial charge in [0.1, 0.15) is 12.2 Å². The zero-order valence-electron chi connectivity index (χ0n) is 9.31. The Hall–Kier alpha value is -0.730. The van der Waals surface area contributed by atoms with E-state index in [1.807, 2.05) is 0 Å². The molecule has 0 spiro atoms. The standard InChI is InChI=1S/C10H16O7/c1-4-5(12)2-10(9(14)15)16-7(4)8(17-10)6(13)3-11/h4-8,11-13H,2-3H2,1H3,(H,14,15)/t4-,5-,6-,7?,8-,10+/m1/s1. The molecule has 0 radical (unpaired) electrons. The molecule has 0 aromatic heterocycles. The molecule has 4 N–H and O–H groups in total. The molecule has 2 aliphatic rings. The molecule has 2 heterocycles. The number of hydrogen-bond donors (Lipinski definition) is 4. The summed E-state index contributed by atoms with van der Waals surface area (Å²) in [6, 6.07) is 0. The third-order valence-corrected chi connectivity index (χ3v) is 3.47. The maximum Gasteiger partial charge on any atom is 0.364 e. The predicted molar refractivity (Wildman–Crippen MR) is 53.0 cm³/mol. The highest BCUT2D eigenvalue weighted by Crippen LogP contribution is 2.44. The van der Waals surface area contributed by atoms with Crippen LogP contribution in [0.2, 0.25) is 0 Å². The number of carbonyl (C=O) groups is 1. The molecule has 0 amide bonds. The molecule has 2 rings (SSSR count). The molecule has 0 aromatic carbocycles. The molecular weight excluding hydrogens is 232 g/mol. The van der Waals surface area contributed by atoms with E-state index < -0.39 is 42.8 Å². The second kappa shape index (κ2) is 4.18. The fourth-order valence-corrected chi connectivity index (χ4v) is 2.37. The van der Waals surface area contributed by atoms with Crippen molar-refractivity contribution < 1.29 is 34.7 Å². The van der Waals surface area contributed by atoms with Gasteiger partial charge >= 0.3 is 5.97 Å². The Morgan fingerprint density at radius 2 is 2.18 bits per heavy atom. The smallest absolute Gasteiger partial charge is 0.364 e. The monoisotopic (exact) mass is 248 g/mol. The Bertz CT molecular complexity index is 320. The quantitative estimate of drug-likeness (QED) is 0.470.